The van der Waals surface area contributed by atoms with E-state index in [1.165, 1.54) is 12.1 Å². The fourth-order valence-electron chi connectivity index (χ4n) is 1.89. The second-order valence-corrected chi connectivity index (χ2v) is 8.77. The number of halogens is 6. The minimum Gasteiger partial charge on any atom is -0.339 e. The highest BCUT2D eigenvalue weighted by molar-refractivity contribution is 7.80. The van der Waals surface area contributed by atoms with Crippen LogP contribution in [0.2, 0.25) is 10.0 Å². The van der Waals surface area contributed by atoms with E-state index in [4.69, 9.17) is 70.2 Å². The van der Waals surface area contributed by atoms with Gasteiger partial charge in [0, 0.05) is 11.3 Å². The molecule has 0 spiro atoms. The third kappa shape index (κ3) is 6.82. The first-order valence-corrected chi connectivity index (χ1v) is 9.52. The molecule has 0 aliphatic rings. The maximum Gasteiger partial charge on any atom is 0.252 e. The van der Waals surface area contributed by atoms with E-state index in [1.54, 1.807) is 18.2 Å². The van der Waals surface area contributed by atoms with Crippen molar-refractivity contribution in [2.45, 2.75) is 9.96 Å². The standard InChI is InChI=1S/C16H11Cl5FN3OS/c17-11-6-5-10(7-12(11)18)23-15(27)25-14(16(19,20)21)24-13(26)8-1-3-9(22)4-2-8/h1-7,14H,(H,24,26)(H2,23,25,27)/t14-/m1/s1. The molecule has 0 aliphatic carbocycles. The van der Waals surface area contributed by atoms with Crippen molar-refractivity contribution in [1.82, 2.24) is 10.6 Å². The van der Waals surface area contributed by atoms with Gasteiger partial charge in [-0.25, -0.2) is 4.39 Å². The van der Waals surface area contributed by atoms with Crippen LogP contribution in [0, 0.1) is 5.82 Å². The van der Waals surface area contributed by atoms with Crippen LogP contribution in [0.25, 0.3) is 0 Å². The van der Waals surface area contributed by atoms with Crippen molar-refractivity contribution in [3.63, 3.8) is 0 Å². The zero-order chi connectivity index (χ0) is 20.2. The molecule has 2 rings (SSSR count). The molecule has 2 aromatic rings. The molecule has 1 atom stereocenters. The van der Waals surface area contributed by atoms with Gasteiger partial charge in [-0.05, 0) is 54.7 Å². The van der Waals surface area contributed by atoms with Crippen LogP contribution in [-0.2, 0) is 0 Å². The fourth-order valence-corrected chi connectivity index (χ4v) is 2.75. The SMILES string of the molecule is O=C(N[C@H](NC(=S)Nc1ccc(Cl)c(Cl)c1)C(Cl)(Cl)Cl)c1ccc(F)cc1. The van der Waals surface area contributed by atoms with Crippen LogP contribution in [0.1, 0.15) is 10.4 Å². The number of alkyl halides is 3. The van der Waals surface area contributed by atoms with Crippen molar-refractivity contribution in [2.75, 3.05) is 5.32 Å². The second kappa shape index (κ2) is 9.45. The van der Waals surface area contributed by atoms with Crippen LogP contribution < -0.4 is 16.0 Å². The number of carbonyl (C=O) groups is 1. The van der Waals surface area contributed by atoms with Gasteiger partial charge < -0.3 is 16.0 Å². The van der Waals surface area contributed by atoms with E-state index in [0.717, 1.165) is 12.1 Å². The number of benzene rings is 2. The highest BCUT2D eigenvalue weighted by Gasteiger charge is 2.34. The molecule has 0 saturated carbocycles. The van der Waals surface area contributed by atoms with Crippen LogP contribution in [0.5, 0.6) is 0 Å². The third-order valence-electron chi connectivity index (χ3n) is 3.16. The van der Waals surface area contributed by atoms with Gasteiger partial charge in [0.25, 0.3) is 5.91 Å². The Morgan fingerprint density at radius 3 is 2.19 bits per heavy atom. The molecule has 0 unspecified atom stereocenters. The lowest BCUT2D eigenvalue weighted by Gasteiger charge is -2.27. The lowest BCUT2D eigenvalue weighted by molar-refractivity contribution is 0.0934. The summed E-state index contributed by atoms with van der Waals surface area (Å²) in [6, 6.07) is 9.66. The molecule has 0 fully saturated rings. The van der Waals surface area contributed by atoms with Gasteiger partial charge in [-0.15, -0.1) is 0 Å². The number of hydrogen-bond acceptors (Lipinski definition) is 2. The summed E-state index contributed by atoms with van der Waals surface area (Å²) >= 11 is 34.7. The summed E-state index contributed by atoms with van der Waals surface area (Å²) in [7, 11) is 0. The number of hydrogen-bond donors (Lipinski definition) is 3. The Bertz CT molecular complexity index is 845. The van der Waals surface area contributed by atoms with Crippen LogP contribution in [0.3, 0.4) is 0 Å². The van der Waals surface area contributed by atoms with Crippen LogP contribution >= 0.6 is 70.2 Å². The largest absolute Gasteiger partial charge is 0.339 e. The van der Waals surface area contributed by atoms with Gasteiger partial charge in [-0.1, -0.05) is 58.0 Å². The molecule has 11 heteroatoms. The van der Waals surface area contributed by atoms with Crippen molar-refractivity contribution in [3.05, 3.63) is 63.9 Å². The molecular formula is C16H11Cl5FN3OS. The van der Waals surface area contributed by atoms with Gasteiger partial charge in [0.1, 0.15) is 12.0 Å². The lowest BCUT2D eigenvalue weighted by atomic mass is 10.2. The summed E-state index contributed by atoms with van der Waals surface area (Å²) in [6.45, 7) is 0. The van der Waals surface area contributed by atoms with E-state index in [0.29, 0.717) is 15.7 Å². The Morgan fingerprint density at radius 2 is 1.63 bits per heavy atom. The predicted molar refractivity (Wildman–Crippen MR) is 114 cm³/mol. The third-order valence-corrected chi connectivity index (χ3v) is 4.78. The summed E-state index contributed by atoms with van der Waals surface area (Å²) in [5.74, 6) is -1.06. The highest BCUT2D eigenvalue weighted by Crippen LogP contribution is 2.29. The number of thiocarbonyl (C=S) groups is 1. The maximum atomic E-state index is 13.0. The first-order chi connectivity index (χ1) is 12.6. The topological polar surface area (TPSA) is 53.2 Å². The highest BCUT2D eigenvalue weighted by atomic mass is 35.6. The summed E-state index contributed by atoms with van der Waals surface area (Å²) in [5.41, 5.74) is 0.718. The average molecular weight is 490 g/mol. The second-order valence-electron chi connectivity index (χ2n) is 5.18. The van der Waals surface area contributed by atoms with E-state index < -0.39 is 21.7 Å². The maximum absolute atomic E-state index is 13.0. The van der Waals surface area contributed by atoms with Gasteiger partial charge in [-0.2, -0.15) is 0 Å². The lowest BCUT2D eigenvalue weighted by Crippen LogP contribution is -2.56. The smallest absolute Gasteiger partial charge is 0.252 e. The van der Waals surface area contributed by atoms with Crippen molar-refractivity contribution in [2.24, 2.45) is 0 Å². The molecule has 0 aromatic heterocycles. The van der Waals surface area contributed by atoms with Crippen molar-refractivity contribution in [3.8, 4) is 0 Å². The number of amides is 1. The summed E-state index contributed by atoms with van der Waals surface area (Å²) in [4.78, 5) is 12.3. The average Bonchev–Trinajstić information content (AvgIpc) is 2.57. The van der Waals surface area contributed by atoms with Crippen molar-refractivity contribution < 1.29 is 9.18 Å². The predicted octanol–water partition coefficient (Wildman–Crippen LogP) is 5.55. The molecule has 1 amide bonds. The Hall–Kier alpha value is -1.02. The van der Waals surface area contributed by atoms with E-state index >= 15 is 0 Å². The quantitative estimate of drug-likeness (QED) is 0.300. The van der Waals surface area contributed by atoms with E-state index in [-0.39, 0.29) is 10.7 Å². The van der Waals surface area contributed by atoms with Crippen LogP contribution in [0.4, 0.5) is 10.1 Å². The minimum absolute atomic E-state index is 0.0594. The summed E-state index contributed by atoms with van der Waals surface area (Å²) in [6.07, 6.45) is -1.18. The number of nitrogens with one attached hydrogen (secondary N) is 3. The van der Waals surface area contributed by atoms with Gasteiger partial charge >= 0.3 is 0 Å². The molecule has 0 heterocycles. The number of rotatable bonds is 4. The molecule has 0 bridgehead atoms. The Kier molecular flexibility index (Phi) is 7.80. The zero-order valence-electron chi connectivity index (χ0n) is 13.2. The molecule has 3 N–H and O–H groups in total. The molecular weight excluding hydrogens is 479 g/mol. The molecule has 0 radical (unpaired) electrons. The molecule has 0 aliphatic heterocycles. The molecule has 2 aromatic carbocycles. The molecule has 0 saturated heterocycles. The normalized spacial score (nSPS) is 12.2. The fraction of sp³-hybridized carbons (Fsp3) is 0.125. The number of anilines is 1. The number of carbonyl (C=O) groups excluding carboxylic acids is 1. The van der Waals surface area contributed by atoms with Gasteiger partial charge in [-0.3, -0.25) is 4.79 Å². The Balaban J connectivity index is 2.07. The van der Waals surface area contributed by atoms with Gasteiger partial charge in [0.2, 0.25) is 3.79 Å². The zero-order valence-corrected chi connectivity index (χ0v) is 17.8. The van der Waals surface area contributed by atoms with Gasteiger partial charge in [0.05, 0.1) is 10.0 Å². The molecule has 27 heavy (non-hydrogen) atoms. The molecule has 4 nitrogen and oxygen atoms in total. The first kappa shape index (κ1) is 22.3. The summed E-state index contributed by atoms with van der Waals surface area (Å²) in [5, 5.41) is 8.78. The first-order valence-electron chi connectivity index (χ1n) is 7.22. The van der Waals surface area contributed by atoms with Crippen LogP contribution in [-0.4, -0.2) is 21.0 Å². The minimum atomic E-state index is -1.93. The van der Waals surface area contributed by atoms with E-state index in [2.05, 4.69) is 16.0 Å². The van der Waals surface area contributed by atoms with E-state index in [1.807, 2.05) is 0 Å². The molecule has 144 valence electrons. The van der Waals surface area contributed by atoms with Crippen LogP contribution in [0.15, 0.2) is 42.5 Å². The van der Waals surface area contributed by atoms with E-state index in [9.17, 15) is 9.18 Å². The monoisotopic (exact) mass is 487 g/mol. The van der Waals surface area contributed by atoms with Crippen molar-refractivity contribution in [1.29, 1.82) is 0 Å². The van der Waals surface area contributed by atoms with Crippen molar-refractivity contribution >= 4 is 86.9 Å². The van der Waals surface area contributed by atoms with Gasteiger partial charge in [0.15, 0.2) is 5.11 Å². The Morgan fingerprint density at radius 1 is 1.00 bits per heavy atom. The summed E-state index contributed by atoms with van der Waals surface area (Å²) < 4.78 is 11.1. The Labute approximate surface area is 185 Å².